The number of ether oxygens (including phenoxy) is 1. The van der Waals surface area contributed by atoms with Crippen molar-refractivity contribution in [1.82, 2.24) is 4.57 Å². The molecule has 3 rings (SSSR count). The Morgan fingerprint density at radius 3 is 2.62 bits per heavy atom. The summed E-state index contributed by atoms with van der Waals surface area (Å²) in [4.78, 5) is 13.2. The molecule has 154 valence electrons. The number of rotatable bonds is 4. The standard InChI is InChI=1S/C20H22N2O6S/c1-5-13-16(28-29(4,25)26)8-9-22(19(13)24)17-14-10-12(11-21)6-7-15(14)27-20(2,3)18(17)23/h6-10,17-18,23H,5H2,1-4H3. The van der Waals surface area contributed by atoms with Gasteiger partial charge in [0.2, 0.25) is 0 Å². The van der Waals surface area contributed by atoms with Crippen LogP contribution in [0.1, 0.15) is 43.5 Å². The number of aliphatic hydroxyl groups excluding tert-OH is 1. The van der Waals surface area contributed by atoms with Gasteiger partial charge in [0, 0.05) is 11.8 Å². The summed E-state index contributed by atoms with van der Waals surface area (Å²) < 4.78 is 35.2. The highest BCUT2D eigenvalue weighted by molar-refractivity contribution is 7.86. The Hall–Kier alpha value is -2.83. The van der Waals surface area contributed by atoms with Gasteiger partial charge in [0.1, 0.15) is 17.5 Å². The number of aliphatic hydroxyl groups is 1. The zero-order valence-electron chi connectivity index (χ0n) is 16.5. The number of pyridine rings is 1. The third kappa shape index (κ3) is 3.86. The molecule has 9 heteroatoms. The molecule has 1 aromatic heterocycles. The Morgan fingerprint density at radius 1 is 1.34 bits per heavy atom. The van der Waals surface area contributed by atoms with E-state index in [4.69, 9.17) is 8.92 Å². The summed E-state index contributed by atoms with van der Waals surface area (Å²) in [5.74, 6) is 0.425. The fourth-order valence-electron chi connectivity index (χ4n) is 3.50. The molecule has 1 aliphatic rings. The average molecular weight is 418 g/mol. The second-order valence-electron chi connectivity index (χ2n) is 7.47. The van der Waals surface area contributed by atoms with Crippen molar-refractivity contribution in [3.63, 3.8) is 0 Å². The Bertz CT molecular complexity index is 1160. The molecule has 0 saturated heterocycles. The maximum absolute atomic E-state index is 13.2. The predicted molar refractivity (Wildman–Crippen MR) is 106 cm³/mol. The van der Waals surface area contributed by atoms with E-state index in [2.05, 4.69) is 0 Å². The zero-order chi connectivity index (χ0) is 21.6. The summed E-state index contributed by atoms with van der Waals surface area (Å²) in [6.07, 6.45) is 1.42. The van der Waals surface area contributed by atoms with Crippen LogP contribution in [-0.2, 0) is 16.5 Å². The molecular formula is C20H22N2O6S. The lowest BCUT2D eigenvalue weighted by molar-refractivity contribution is -0.0643. The SMILES string of the molecule is CCc1c(OS(C)(=O)=O)ccn(C2c3cc(C#N)ccc3OC(C)(C)C2O)c1=O. The molecule has 2 unspecified atom stereocenters. The van der Waals surface area contributed by atoms with E-state index in [1.54, 1.807) is 39.0 Å². The van der Waals surface area contributed by atoms with Gasteiger partial charge in [-0.05, 0) is 44.5 Å². The minimum Gasteiger partial charge on any atom is -0.485 e. The van der Waals surface area contributed by atoms with Crippen LogP contribution < -0.4 is 14.5 Å². The highest BCUT2D eigenvalue weighted by Crippen LogP contribution is 2.42. The molecule has 1 aliphatic heterocycles. The minimum absolute atomic E-state index is 0.0388. The molecule has 1 N–H and O–H groups in total. The van der Waals surface area contributed by atoms with Gasteiger partial charge in [0.05, 0.1) is 29.5 Å². The highest BCUT2D eigenvalue weighted by Gasteiger charge is 2.44. The number of fused-ring (bicyclic) bond motifs is 1. The van der Waals surface area contributed by atoms with E-state index < -0.39 is 33.4 Å². The molecular weight excluding hydrogens is 396 g/mol. The van der Waals surface area contributed by atoms with Gasteiger partial charge in [-0.15, -0.1) is 0 Å². The summed E-state index contributed by atoms with van der Waals surface area (Å²) in [6, 6.07) is 7.44. The second kappa shape index (κ2) is 7.21. The van der Waals surface area contributed by atoms with Crippen LogP contribution in [0.25, 0.3) is 0 Å². The normalized spacial score (nSPS) is 20.3. The third-order valence-corrected chi connectivity index (χ3v) is 5.40. The second-order valence-corrected chi connectivity index (χ2v) is 9.05. The Morgan fingerprint density at radius 2 is 2.03 bits per heavy atom. The summed E-state index contributed by atoms with van der Waals surface area (Å²) in [7, 11) is -3.80. The van der Waals surface area contributed by atoms with Crippen molar-refractivity contribution in [3.8, 4) is 17.6 Å². The smallest absolute Gasteiger partial charge is 0.306 e. The van der Waals surface area contributed by atoms with E-state index >= 15 is 0 Å². The van der Waals surface area contributed by atoms with Crippen LogP contribution in [0, 0.1) is 11.3 Å². The number of hydrogen-bond donors (Lipinski definition) is 1. The van der Waals surface area contributed by atoms with Crippen LogP contribution in [0.3, 0.4) is 0 Å². The van der Waals surface area contributed by atoms with Gasteiger partial charge in [0.15, 0.2) is 5.75 Å². The van der Waals surface area contributed by atoms with E-state index in [9.17, 15) is 23.6 Å². The van der Waals surface area contributed by atoms with Crippen molar-refractivity contribution in [3.05, 3.63) is 57.5 Å². The summed E-state index contributed by atoms with van der Waals surface area (Å²) in [5.41, 5.74) is -0.447. The van der Waals surface area contributed by atoms with E-state index in [-0.39, 0.29) is 17.7 Å². The molecule has 1 aromatic carbocycles. The van der Waals surface area contributed by atoms with E-state index in [0.29, 0.717) is 16.9 Å². The Balaban J connectivity index is 2.24. The van der Waals surface area contributed by atoms with Crippen molar-refractivity contribution in [1.29, 1.82) is 5.26 Å². The number of benzene rings is 1. The predicted octanol–water partition coefficient (Wildman–Crippen LogP) is 1.74. The van der Waals surface area contributed by atoms with Gasteiger partial charge < -0.3 is 18.6 Å². The van der Waals surface area contributed by atoms with Crippen LogP contribution in [0.5, 0.6) is 11.5 Å². The maximum atomic E-state index is 13.2. The van der Waals surface area contributed by atoms with Gasteiger partial charge in [0.25, 0.3) is 5.56 Å². The van der Waals surface area contributed by atoms with Crippen molar-refractivity contribution >= 4 is 10.1 Å². The highest BCUT2D eigenvalue weighted by atomic mass is 32.2. The van der Waals surface area contributed by atoms with E-state index in [1.165, 1.54) is 16.8 Å². The van der Waals surface area contributed by atoms with E-state index in [0.717, 1.165) is 6.26 Å². The lowest BCUT2D eigenvalue weighted by Crippen LogP contribution is -2.52. The van der Waals surface area contributed by atoms with E-state index in [1.807, 2.05) is 6.07 Å². The molecule has 0 radical (unpaired) electrons. The van der Waals surface area contributed by atoms with Crippen LogP contribution in [-0.4, -0.2) is 36.1 Å². The third-order valence-electron chi connectivity index (χ3n) is 4.91. The Labute approximate surface area is 169 Å². The number of nitrogens with zero attached hydrogens (tertiary/aromatic N) is 2. The molecule has 0 spiro atoms. The molecule has 2 heterocycles. The van der Waals surface area contributed by atoms with Gasteiger partial charge in [-0.2, -0.15) is 13.7 Å². The Kier molecular flexibility index (Phi) is 5.19. The van der Waals surface area contributed by atoms with Crippen molar-refractivity contribution in [2.24, 2.45) is 0 Å². The molecule has 0 saturated carbocycles. The zero-order valence-corrected chi connectivity index (χ0v) is 17.4. The first-order chi connectivity index (χ1) is 13.5. The van der Waals surface area contributed by atoms with Crippen LogP contribution in [0.4, 0.5) is 0 Å². The number of hydrogen-bond acceptors (Lipinski definition) is 7. The largest absolute Gasteiger partial charge is 0.485 e. The van der Waals surface area contributed by atoms with Crippen molar-refractivity contribution in [2.45, 2.75) is 44.9 Å². The monoisotopic (exact) mass is 418 g/mol. The summed E-state index contributed by atoms with van der Waals surface area (Å²) >= 11 is 0. The van der Waals surface area contributed by atoms with Gasteiger partial charge in [-0.25, -0.2) is 0 Å². The van der Waals surface area contributed by atoms with Gasteiger partial charge in [-0.1, -0.05) is 6.92 Å². The maximum Gasteiger partial charge on any atom is 0.306 e. The fourth-order valence-corrected chi connectivity index (χ4v) is 3.98. The first-order valence-corrected chi connectivity index (χ1v) is 10.8. The molecule has 8 nitrogen and oxygen atoms in total. The number of nitriles is 1. The molecule has 0 fully saturated rings. The van der Waals surface area contributed by atoms with Crippen molar-refractivity contribution < 1.29 is 22.4 Å². The summed E-state index contributed by atoms with van der Waals surface area (Å²) in [5, 5.41) is 20.3. The summed E-state index contributed by atoms with van der Waals surface area (Å²) in [6.45, 7) is 5.12. The molecule has 2 atom stereocenters. The molecule has 0 bridgehead atoms. The van der Waals surface area contributed by atoms with Crippen LogP contribution in [0.2, 0.25) is 0 Å². The average Bonchev–Trinajstić information content (AvgIpc) is 2.62. The lowest BCUT2D eigenvalue weighted by atomic mass is 9.85. The van der Waals surface area contributed by atoms with Crippen LogP contribution in [0.15, 0.2) is 35.3 Å². The molecule has 0 amide bonds. The molecule has 2 aromatic rings. The van der Waals surface area contributed by atoms with Gasteiger partial charge >= 0.3 is 10.1 Å². The quantitative estimate of drug-likeness (QED) is 0.751. The topological polar surface area (TPSA) is 119 Å². The fraction of sp³-hybridized carbons (Fsp3) is 0.400. The molecule has 29 heavy (non-hydrogen) atoms. The first-order valence-electron chi connectivity index (χ1n) is 9.03. The first kappa shape index (κ1) is 20.9. The minimum atomic E-state index is -3.80. The van der Waals surface area contributed by atoms with Gasteiger partial charge in [-0.3, -0.25) is 4.79 Å². The van der Waals surface area contributed by atoms with Crippen molar-refractivity contribution in [2.75, 3.05) is 6.26 Å². The molecule has 0 aliphatic carbocycles. The van der Waals surface area contributed by atoms with Crippen LogP contribution >= 0.6 is 0 Å². The number of aromatic nitrogens is 1. The lowest BCUT2D eigenvalue weighted by Gasteiger charge is -2.42.